The van der Waals surface area contributed by atoms with E-state index in [1.54, 1.807) is 30.7 Å². The molecule has 2 aromatic carbocycles. The highest BCUT2D eigenvalue weighted by atomic mass is 19.2. The number of aromatic nitrogens is 4. The van der Waals surface area contributed by atoms with Gasteiger partial charge >= 0.3 is 5.97 Å². The quantitative estimate of drug-likeness (QED) is 0.0135. The van der Waals surface area contributed by atoms with Crippen LogP contribution in [0.4, 0.5) is 23.2 Å². The maximum Gasteiger partial charge on any atom is 0.313 e. The number of fused-ring (bicyclic) bond motifs is 1. The highest BCUT2D eigenvalue weighted by Gasteiger charge is 2.24. The molecule has 0 bridgehead atoms. The molecule has 0 saturated heterocycles. The molecule has 1 aliphatic heterocycles. The van der Waals surface area contributed by atoms with Crippen LogP contribution in [0.3, 0.4) is 0 Å². The molecule has 2 aromatic heterocycles. The number of amides is 2. The van der Waals surface area contributed by atoms with Crippen LogP contribution in [0.25, 0.3) is 17.2 Å². The van der Waals surface area contributed by atoms with E-state index in [0.29, 0.717) is 135 Å². The van der Waals surface area contributed by atoms with Crippen molar-refractivity contribution in [3.8, 4) is 16.9 Å². The molecule has 2 amide bonds. The van der Waals surface area contributed by atoms with Crippen LogP contribution in [0.5, 0.6) is 5.75 Å². The lowest BCUT2D eigenvalue weighted by Gasteiger charge is -2.22. The summed E-state index contributed by atoms with van der Waals surface area (Å²) in [6.45, 7) is 9.10. The molecule has 80 heavy (non-hydrogen) atoms. The first kappa shape index (κ1) is 64.5. The van der Waals surface area contributed by atoms with Gasteiger partial charge in [0, 0.05) is 60.7 Å². The standard InChI is InChI=1S/C53H70F4N8O15/c1-2-9-65(79-37-42-5-8-62-64-42)53(68)40-30-39-4-3-38(31-45(39)63-46(58)32-40)41-34-59-47(60-35-41)36-61-48(66)6-10-69-12-14-71-16-18-73-20-22-75-24-26-77-28-29-78-27-25-76-23-21-74-19-17-72-15-13-70-11-7-49(67)80-52-50(56)43(54)33-44(55)51(52)57/h3-5,8,30-31,33-35H,2,6-7,9-29,32,36-37H2,1H3,(H2,58,63)(H,61,66)(H,62,64). The van der Waals surface area contributed by atoms with E-state index in [4.69, 9.17) is 57.9 Å². The average Bonchev–Trinajstić information content (AvgIpc) is 3.97. The molecule has 0 fully saturated rings. The summed E-state index contributed by atoms with van der Waals surface area (Å²) in [5.41, 5.74) is 10.4. The number of carbonyl (C=O) groups is 3. The zero-order chi connectivity index (χ0) is 57.0. The number of aromatic amines is 1. The summed E-state index contributed by atoms with van der Waals surface area (Å²) < 4.78 is 112. The number of nitrogens with zero attached hydrogens (tertiary/aromatic N) is 5. The topological polar surface area (TPSA) is 270 Å². The number of hydrogen-bond acceptors (Lipinski definition) is 20. The Morgan fingerprint density at radius 3 is 1.64 bits per heavy atom. The monoisotopic (exact) mass is 1130 g/mol. The van der Waals surface area contributed by atoms with Crippen molar-refractivity contribution >= 4 is 35.4 Å². The molecule has 0 atom stereocenters. The molecule has 4 aromatic rings. The van der Waals surface area contributed by atoms with Crippen molar-refractivity contribution in [2.75, 3.05) is 139 Å². The minimum Gasteiger partial charge on any atom is -0.420 e. The maximum absolute atomic E-state index is 13.6. The van der Waals surface area contributed by atoms with E-state index in [0.717, 1.165) is 22.4 Å². The summed E-state index contributed by atoms with van der Waals surface area (Å²) >= 11 is 0. The summed E-state index contributed by atoms with van der Waals surface area (Å²) in [6, 6.07) is 7.43. The number of nitrogens with two attached hydrogens (primary N) is 1. The van der Waals surface area contributed by atoms with Gasteiger partial charge in [0.2, 0.25) is 23.3 Å². The molecule has 27 heteroatoms. The van der Waals surface area contributed by atoms with Gasteiger partial charge in [-0.2, -0.15) is 13.9 Å². The number of halogens is 4. The lowest BCUT2D eigenvalue weighted by atomic mass is 10.0. The molecule has 3 heterocycles. The number of H-pyrrole nitrogens is 1. The number of hydroxylamine groups is 2. The van der Waals surface area contributed by atoms with Crippen molar-refractivity contribution in [2.45, 2.75) is 45.8 Å². The number of ether oxygens (including phenoxy) is 11. The Bertz CT molecular complexity index is 2490. The number of hydrogen-bond donors (Lipinski definition) is 3. The fraction of sp³-hybridized carbons (Fsp3) is 0.528. The average molecular weight is 1140 g/mol. The summed E-state index contributed by atoms with van der Waals surface area (Å²) in [6.07, 6.45) is 7.38. The van der Waals surface area contributed by atoms with E-state index in [1.807, 2.05) is 25.1 Å². The fourth-order valence-electron chi connectivity index (χ4n) is 6.88. The van der Waals surface area contributed by atoms with Crippen molar-refractivity contribution in [1.29, 1.82) is 0 Å². The van der Waals surface area contributed by atoms with Crippen LogP contribution in [0.2, 0.25) is 0 Å². The first-order chi connectivity index (χ1) is 39.0. The number of carbonyl (C=O) groups excluding carboxylic acids is 3. The smallest absolute Gasteiger partial charge is 0.313 e. The molecule has 1 aliphatic rings. The van der Waals surface area contributed by atoms with E-state index < -0.39 is 41.4 Å². The third kappa shape index (κ3) is 25.0. The van der Waals surface area contributed by atoms with Gasteiger partial charge in [0.1, 0.15) is 18.3 Å². The highest BCUT2D eigenvalue weighted by Crippen LogP contribution is 2.32. The lowest BCUT2D eigenvalue weighted by molar-refractivity contribution is -0.187. The zero-order valence-corrected chi connectivity index (χ0v) is 44.7. The SMILES string of the molecule is CCCN(OCc1ccn[nH]1)C(=O)C1=Cc2ccc(-c3cnc(CNC(=O)CCOCCOCCOCCOCCOCCOCCOCCOCCOCCOCCC(=O)Oc4c(F)c(F)cc(F)c4F)nc3)cc2N=C(N)C1. The Morgan fingerprint density at radius 2 is 1.15 bits per heavy atom. The number of rotatable bonds is 43. The van der Waals surface area contributed by atoms with Gasteiger partial charge in [-0.3, -0.25) is 24.3 Å². The largest absolute Gasteiger partial charge is 0.420 e. The van der Waals surface area contributed by atoms with Crippen molar-refractivity contribution in [3.63, 3.8) is 0 Å². The summed E-state index contributed by atoms with van der Waals surface area (Å²) in [5, 5.41) is 10.9. The van der Waals surface area contributed by atoms with Crippen LogP contribution in [-0.4, -0.2) is 188 Å². The number of esters is 1. The van der Waals surface area contributed by atoms with Crippen LogP contribution >= 0.6 is 0 Å². The minimum absolute atomic E-state index is 0.0133. The van der Waals surface area contributed by atoms with E-state index >= 15 is 0 Å². The van der Waals surface area contributed by atoms with E-state index in [9.17, 15) is 31.9 Å². The van der Waals surface area contributed by atoms with Gasteiger partial charge in [-0.15, -0.1) is 0 Å². The van der Waals surface area contributed by atoms with Crippen LogP contribution in [0.15, 0.2) is 59.5 Å². The Morgan fingerprint density at radius 1 is 0.650 bits per heavy atom. The van der Waals surface area contributed by atoms with Gasteiger partial charge in [-0.25, -0.2) is 28.8 Å². The Hall–Kier alpha value is -6.37. The maximum atomic E-state index is 13.6. The molecule has 0 saturated carbocycles. The third-order valence-corrected chi connectivity index (χ3v) is 10.9. The first-order valence-corrected chi connectivity index (χ1v) is 26.0. The molecule has 23 nitrogen and oxygen atoms in total. The van der Waals surface area contributed by atoms with Gasteiger partial charge < -0.3 is 63.2 Å². The van der Waals surface area contributed by atoms with Crippen molar-refractivity contribution in [1.82, 2.24) is 30.5 Å². The second-order valence-electron chi connectivity index (χ2n) is 17.0. The van der Waals surface area contributed by atoms with Crippen LogP contribution in [-0.2, 0) is 79.7 Å². The third-order valence-electron chi connectivity index (χ3n) is 10.9. The molecule has 440 valence electrons. The van der Waals surface area contributed by atoms with Crippen LogP contribution in [0.1, 0.15) is 49.7 Å². The Kier molecular flexibility index (Phi) is 30.9. The molecular weight excluding hydrogens is 1060 g/mol. The number of nitrogens with one attached hydrogen (secondary N) is 2. The molecular formula is C53H70F4N8O15. The van der Waals surface area contributed by atoms with Crippen LogP contribution < -0.4 is 15.8 Å². The number of benzene rings is 2. The predicted octanol–water partition coefficient (Wildman–Crippen LogP) is 4.74. The van der Waals surface area contributed by atoms with E-state index in [-0.39, 0.29) is 76.9 Å². The van der Waals surface area contributed by atoms with E-state index in [2.05, 4.69) is 35.2 Å². The summed E-state index contributed by atoms with van der Waals surface area (Å²) in [4.78, 5) is 56.9. The van der Waals surface area contributed by atoms with E-state index in [1.165, 1.54) is 5.06 Å². The predicted molar refractivity (Wildman–Crippen MR) is 278 cm³/mol. The molecule has 0 unspecified atom stereocenters. The van der Waals surface area contributed by atoms with Crippen molar-refractivity contribution in [3.05, 3.63) is 94.8 Å². The number of aliphatic imine (C=N–C) groups is 1. The normalized spacial score (nSPS) is 12.2. The summed E-state index contributed by atoms with van der Waals surface area (Å²) in [5.74, 6) is -9.29. The first-order valence-electron chi connectivity index (χ1n) is 26.0. The second-order valence-corrected chi connectivity index (χ2v) is 17.0. The van der Waals surface area contributed by atoms with Gasteiger partial charge in [-0.1, -0.05) is 19.1 Å². The molecule has 4 N–H and O–H groups in total. The minimum atomic E-state index is -1.80. The molecule has 0 aliphatic carbocycles. The van der Waals surface area contributed by atoms with Gasteiger partial charge in [0.05, 0.1) is 156 Å². The zero-order valence-electron chi connectivity index (χ0n) is 44.7. The summed E-state index contributed by atoms with van der Waals surface area (Å²) in [7, 11) is 0. The highest BCUT2D eigenvalue weighted by molar-refractivity contribution is 6.05. The number of amidine groups is 1. The molecule has 5 rings (SSSR count). The Balaban J connectivity index is 0.747. The fourth-order valence-corrected chi connectivity index (χ4v) is 6.88. The van der Waals surface area contributed by atoms with Gasteiger partial charge in [-0.05, 0) is 30.2 Å². The molecule has 0 spiro atoms. The van der Waals surface area contributed by atoms with Crippen molar-refractivity contribution < 1.29 is 88.9 Å². The lowest BCUT2D eigenvalue weighted by Crippen LogP contribution is -2.34. The van der Waals surface area contributed by atoms with Gasteiger partial charge in [0.25, 0.3) is 5.91 Å². The Labute approximate surface area is 460 Å². The second kappa shape index (κ2) is 38.3. The molecule has 0 radical (unpaired) electrons. The van der Waals surface area contributed by atoms with Gasteiger partial charge in [0.15, 0.2) is 11.6 Å². The van der Waals surface area contributed by atoms with Crippen LogP contribution in [0, 0.1) is 23.3 Å². The van der Waals surface area contributed by atoms with Crippen molar-refractivity contribution in [2.24, 2.45) is 10.7 Å².